The van der Waals surface area contributed by atoms with Gasteiger partial charge in [0.25, 0.3) is 0 Å². The number of benzene rings is 6. The third-order valence-corrected chi connectivity index (χ3v) is 11.6. The summed E-state index contributed by atoms with van der Waals surface area (Å²) in [7, 11) is 0. The van der Waals surface area contributed by atoms with Crippen LogP contribution in [0.4, 0.5) is 22.7 Å². The second kappa shape index (κ2) is 13.2. The molecule has 0 spiro atoms. The van der Waals surface area contributed by atoms with Crippen molar-refractivity contribution in [1.82, 2.24) is 0 Å². The molecule has 0 heterocycles. The zero-order valence-electron chi connectivity index (χ0n) is 31.9. The van der Waals surface area contributed by atoms with E-state index < -0.39 is 0 Å². The van der Waals surface area contributed by atoms with Crippen LogP contribution in [0, 0.1) is 27.7 Å². The zero-order chi connectivity index (χ0) is 36.1. The van der Waals surface area contributed by atoms with Crippen molar-refractivity contribution in [2.75, 3.05) is 9.80 Å². The molecular formula is C49H52N2. The molecule has 0 saturated heterocycles. The third kappa shape index (κ3) is 6.16. The highest BCUT2D eigenvalue weighted by atomic mass is 15.2. The number of aryl methyl sites for hydroxylation is 4. The molecule has 2 nitrogen and oxygen atoms in total. The Morgan fingerprint density at radius 3 is 1.35 bits per heavy atom. The monoisotopic (exact) mass is 668 g/mol. The molecule has 0 saturated carbocycles. The van der Waals surface area contributed by atoms with E-state index in [1.54, 1.807) is 0 Å². The predicted molar refractivity (Wildman–Crippen MR) is 219 cm³/mol. The van der Waals surface area contributed by atoms with Crippen LogP contribution in [0.15, 0.2) is 133 Å². The molecular weight excluding hydrogens is 617 g/mol. The maximum atomic E-state index is 2.55. The summed E-state index contributed by atoms with van der Waals surface area (Å²) in [6.07, 6.45) is 0.955. The second-order valence-electron chi connectivity index (χ2n) is 15.5. The minimum atomic E-state index is -0.271. The second-order valence-corrected chi connectivity index (χ2v) is 15.5. The zero-order valence-corrected chi connectivity index (χ0v) is 31.9. The van der Waals surface area contributed by atoms with Crippen molar-refractivity contribution in [2.45, 2.75) is 85.7 Å². The maximum Gasteiger partial charge on any atom is 0.0671 e. The fourth-order valence-corrected chi connectivity index (χ4v) is 8.10. The SMILES string of the molecule is CC[C@](C)(c1ccc2c(c1)C(C)(C)c1cc(C(C)N(c3ccc(C)cc3)c3ccc(C)cc3)ccc1-2)N(c1ccc(C)cc1)c1ccc(C)cc1. The van der Waals surface area contributed by atoms with Crippen molar-refractivity contribution < 1.29 is 0 Å². The van der Waals surface area contributed by atoms with Gasteiger partial charge in [-0.1, -0.05) is 128 Å². The summed E-state index contributed by atoms with van der Waals surface area (Å²) in [6, 6.07) is 50.5. The Kier molecular flexibility index (Phi) is 8.92. The predicted octanol–water partition coefficient (Wildman–Crippen LogP) is 13.6. The van der Waals surface area contributed by atoms with Crippen molar-refractivity contribution in [3.8, 4) is 11.1 Å². The number of nitrogens with zero attached hydrogens (tertiary/aromatic N) is 2. The highest BCUT2D eigenvalue weighted by molar-refractivity contribution is 5.82. The van der Waals surface area contributed by atoms with Crippen molar-refractivity contribution >= 4 is 22.7 Å². The minimum Gasteiger partial charge on any atom is -0.334 e. The van der Waals surface area contributed by atoms with Gasteiger partial charge in [0.15, 0.2) is 0 Å². The molecule has 2 atom stereocenters. The highest BCUT2D eigenvalue weighted by Gasteiger charge is 2.40. The Morgan fingerprint density at radius 1 is 0.529 bits per heavy atom. The smallest absolute Gasteiger partial charge is 0.0671 e. The van der Waals surface area contributed by atoms with E-state index in [-0.39, 0.29) is 17.0 Å². The molecule has 0 N–H and O–H groups in total. The molecule has 1 unspecified atom stereocenters. The fourth-order valence-electron chi connectivity index (χ4n) is 8.10. The average Bonchev–Trinajstić information content (AvgIpc) is 3.36. The third-order valence-electron chi connectivity index (χ3n) is 11.6. The molecule has 0 radical (unpaired) electrons. The van der Waals surface area contributed by atoms with Crippen molar-refractivity contribution in [2.24, 2.45) is 0 Å². The Bertz CT molecular complexity index is 2060. The van der Waals surface area contributed by atoms with Gasteiger partial charge in [-0.3, -0.25) is 0 Å². The topological polar surface area (TPSA) is 6.48 Å². The lowest BCUT2D eigenvalue weighted by atomic mass is 9.78. The van der Waals surface area contributed by atoms with Gasteiger partial charge in [-0.15, -0.1) is 0 Å². The molecule has 1 aliphatic rings. The van der Waals surface area contributed by atoms with Crippen molar-refractivity contribution in [1.29, 1.82) is 0 Å². The average molecular weight is 669 g/mol. The Hall–Kier alpha value is -5.08. The van der Waals surface area contributed by atoms with E-state index in [0.717, 1.165) is 6.42 Å². The molecule has 1 aliphatic carbocycles. The van der Waals surface area contributed by atoms with Gasteiger partial charge in [0.1, 0.15) is 0 Å². The fraction of sp³-hybridized carbons (Fsp3) is 0.265. The molecule has 6 aromatic rings. The molecule has 7 rings (SSSR count). The van der Waals surface area contributed by atoms with Crippen LogP contribution in [0.2, 0.25) is 0 Å². The lowest BCUT2D eigenvalue weighted by Gasteiger charge is -2.44. The Labute approximate surface area is 306 Å². The first-order valence-electron chi connectivity index (χ1n) is 18.6. The van der Waals surface area contributed by atoms with Gasteiger partial charge in [-0.25, -0.2) is 0 Å². The summed E-state index contributed by atoms with van der Waals surface area (Å²) in [5, 5.41) is 0. The van der Waals surface area contributed by atoms with Crippen LogP contribution in [-0.2, 0) is 11.0 Å². The van der Waals surface area contributed by atoms with Crippen LogP contribution in [0.3, 0.4) is 0 Å². The van der Waals surface area contributed by atoms with Crippen LogP contribution in [0.5, 0.6) is 0 Å². The number of rotatable bonds is 9. The lowest BCUT2D eigenvalue weighted by molar-refractivity contribution is 0.462. The lowest BCUT2D eigenvalue weighted by Crippen LogP contribution is -2.40. The van der Waals surface area contributed by atoms with Crippen LogP contribution in [0.1, 0.15) is 91.6 Å². The summed E-state index contributed by atoms with van der Waals surface area (Å²) in [5.41, 5.74) is 17.6. The summed E-state index contributed by atoms with van der Waals surface area (Å²) in [6.45, 7) is 20.5. The molecule has 51 heavy (non-hydrogen) atoms. The van der Waals surface area contributed by atoms with Crippen LogP contribution >= 0.6 is 0 Å². The van der Waals surface area contributed by atoms with E-state index in [9.17, 15) is 0 Å². The van der Waals surface area contributed by atoms with Gasteiger partial charge in [0.2, 0.25) is 0 Å². The van der Waals surface area contributed by atoms with Gasteiger partial charge in [-0.2, -0.15) is 0 Å². The first kappa shape index (κ1) is 34.4. The summed E-state index contributed by atoms with van der Waals surface area (Å²) < 4.78 is 0. The van der Waals surface area contributed by atoms with Gasteiger partial charge >= 0.3 is 0 Å². The van der Waals surface area contributed by atoms with Crippen LogP contribution < -0.4 is 9.80 Å². The van der Waals surface area contributed by atoms with Crippen molar-refractivity contribution in [3.63, 3.8) is 0 Å². The summed E-state index contributed by atoms with van der Waals surface area (Å²) >= 11 is 0. The standard InChI is InChI=1S/C49H52N2/c1-10-49(9,51(42-25-15-35(4)16-26-42)43-27-17-36(5)18-28-43)39-20-30-45-44-29-19-38(31-46(44)48(7,8)47(45)32-39)37(6)50(40-21-11-33(2)12-22-40)41-23-13-34(3)14-24-41/h11-32,37H,10H2,1-9H3/t37?,49-/m1/s1. The maximum absolute atomic E-state index is 2.55. The molecule has 0 amide bonds. The molecule has 258 valence electrons. The first-order chi connectivity index (χ1) is 24.4. The van der Waals surface area contributed by atoms with Gasteiger partial charge in [0, 0.05) is 28.2 Å². The van der Waals surface area contributed by atoms with Crippen LogP contribution in [-0.4, -0.2) is 0 Å². The number of hydrogen-bond acceptors (Lipinski definition) is 2. The van der Waals surface area contributed by atoms with E-state index in [1.165, 1.54) is 78.4 Å². The normalized spacial score (nSPS) is 14.7. The number of fused-ring (bicyclic) bond motifs is 3. The van der Waals surface area contributed by atoms with Gasteiger partial charge in [-0.05, 0) is 130 Å². The highest BCUT2D eigenvalue weighted by Crippen LogP contribution is 2.52. The largest absolute Gasteiger partial charge is 0.334 e. The van der Waals surface area contributed by atoms with E-state index >= 15 is 0 Å². The quantitative estimate of drug-likeness (QED) is 0.151. The molecule has 0 fully saturated rings. The molecule has 0 aromatic heterocycles. The molecule has 2 heteroatoms. The Morgan fingerprint density at radius 2 is 0.922 bits per heavy atom. The number of hydrogen-bond donors (Lipinski definition) is 0. The van der Waals surface area contributed by atoms with Crippen molar-refractivity contribution in [3.05, 3.63) is 178 Å². The first-order valence-corrected chi connectivity index (χ1v) is 18.6. The Balaban J connectivity index is 1.29. The molecule has 6 aromatic carbocycles. The van der Waals surface area contributed by atoms with Gasteiger partial charge in [0.05, 0.1) is 11.6 Å². The van der Waals surface area contributed by atoms with Crippen LogP contribution in [0.25, 0.3) is 11.1 Å². The summed E-state index contributed by atoms with van der Waals surface area (Å²) in [4.78, 5) is 5.03. The summed E-state index contributed by atoms with van der Waals surface area (Å²) in [5.74, 6) is 0. The molecule has 0 bridgehead atoms. The van der Waals surface area contributed by atoms with Gasteiger partial charge < -0.3 is 9.80 Å². The minimum absolute atomic E-state index is 0.136. The van der Waals surface area contributed by atoms with E-state index in [0.29, 0.717) is 0 Å². The van der Waals surface area contributed by atoms with E-state index in [1.807, 2.05) is 0 Å². The van der Waals surface area contributed by atoms with E-state index in [4.69, 9.17) is 0 Å². The number of anilines is 4. The van der Waals surface area contributed by atoms with E-state index in [2.05, 4.69) is 206 Å². The molecule has 0 aliphatic heterocycles.